The number of ether oxygens (including phenoxy) is 1. The Balaban J connectivity index is 1.67. The molecule has 0 aliphatic carbocycles. The lowest BCUT2D eigenvalue weighted by Crippen LogP contribution is -2.90. The number of carbonyl (C=O) groups excluding carboxylic acids is 1. The molecule has 1 spiro atoms. The summed E-state index contributed by atoms with van der Waals surface area (Å²) in [5.74, 6) is -2.62. The van der Waals surface area contributed by atoms with Crippen LogP contribution in [0.5, 0.6) is 0 Å². The Labute approximate surface area is 165 Å². The van der Waals surface area contributed by atoms with Crippen molar-refractivity contribution in [3.63, 3.8) is 0 Å². The van der Waals surface area contributed by atoms with Crippen LogP contribution in [0.1, 0.15) is 6.92 Å². The number of guanidine groups is 2. The summed E-state index contributed by atoms with van der Waals surface area (Å²) in [5.41, 5.74) is 10.7. The fraction of sp³-hybridized carbons (Fsp3) is 0.471. The number of rotatable bonds is 3. The van der Waals surface area contributed by atoms with E-state index in [9.17, 15) is 20.1 Å². The summed E-state index contributed by atoms with van der Waals surface area (Å²) < 4.78 is 5.41. The lowest BCUT2D eigenvalue weighted by molar-refractivity contribution is -0.523. The molecule has 29 heavy (non-hydrogen) atoms. The fourth-order valence-corrected chi connectivity index (χ4v) is 4.49. The quantitative estimate of drug-likeness (QED) is 0.229. The van der Waals surface area contributed by atoms with E-state index in [0.717, 1.165) is 0 Å². The van der Waals surface area contributed by atoms with E-state index in [1.54, 1.807) is 37.3 Å². The third kappa shape index (κ3) is 2.60. The van der Waals surface area contributed by atoms with E-state index in [4.69, 9.17) is 16.2 Å². The van der Waals surface area contributed by atoms with E-state index in [1.165, 1.54) is 4.90 Å². The molecular weight excluding hydrogens is 382 g/mol. The molecule has 3 aliphatic heterocycles. The Hall–Kier alpha value is -3.09. The van der Waals surface area contributed by atoms with E-state index in [1.807, 2.05) is 0 Å². The Bertz CT molecular complexity index is 876. The summed E-state index contributed by atoms with van der Waals surface area (Å²) in [4.78, 5) is 20.9. The fourth-order valence-electron chi connectivity index (χ4n) is 4.49. The van der Waals surface area contributed by atoms with Gasteiger partial charge in [-0.15, -0.1) is 0 Å². The van der Waals surface area contributed by atoms with Crippen molar-refractivity contribution in [2.75, 3.05) is 11.9 Å². The standard InChI is InChI=1S/C17H23N7O5/c1-8-12(29-15(26)20-9-5-3-2-4-6-9)17(27,28)16-11(22-13(18)23-16)10(7-25)21-14(19)24(8)16/h2-6,8,10-12,25,27-28H,7H2,1H3,(H2,19,21)(H,20,26)(H3,18,22,23)/p+1/t8-,10-,11-,12-,16-/m0/s1. The molecule has 0 bridgehead atoms. The monoisotopic (exact) mass is 406 g/mol. The molecule has 3 heterocycles. The Morgan fingerprint density at radius 2 is 2.07 bits per heavy atom. The second kappa shape index (κ2) is 6.47. The highest BCUT2D eigenvalue weighted by Gasteiger charge is 2.79. The van der Waals surface area contributed by atoms with Gasteiger partial charge >= 0.3 is 12.1 Å². The number of nitrogens with two attached hydrogens (primary N) is 2. The molecule has 12 heteroatoms. The van der Waals surface area contributed by atoms with Gasteiger partial charge in [0.2, 0.25) is 0 Å². The van der Waals surface area contributed by atoms with Crippen molar-refractivity contribution in [2.24, 2.45) is 16.5 Å². The molecule has 10 N–H and O–H groups in total. The molecule has 0 radical (unpaired) electrons. The number of aliphatic imine (C=N–C) groups is 1. The Kier molecular flexibility index (Phi) is 4.29. The van der Waals surface area contributed by atoms with Crippen LogP contribution in [-0.4, -0.2) is 80.5 Å². The molecule has 5 atom stereocenters. The van der Waals surface area contributed by atoms with Gasteiger partial charge in [-0.05, 0) is 19.1 Å². The SMILES string of the molecule is C[C@H]1[C@H](OC(=O)Nc2ccccc2)C(O)(O)[C@]23NC(N)=[NH+][C@H]2[C@H](CO)N=C(N)N13. The summed E-state index contributed by atoms with van der Waals surface area (Å²) in [6.07, 6.45) is -2.29. The maximum atomic E-state index is 12.4. The molecule has 3 aliphatic rings. The summed E-state index contributed by atoms with van der Waals surface area (Å²) in [7, 11) is 0. The summed E-state index contributed by atoms with van der Waals surface area (Å²) in [6, 6.07) is 6.16. The highest BCUT2D eigenvalue weighted by Crippen LogP contribution is 2.45. The average Bonchev–Trinajstić information content (AvgIpc) is 3.10. The lowest BCUT2D eigenvalue weighted by atomic mass is 9.86. The van der Waals surface area contributed by atoms with Crippen LogP contribution in [-0.2, 0) is 4.74 Å². The van der Waals surface area contributed by atoms with Crippen LogP contribution in [0, 0.1) is 0 Å². The minimum Gasteiger partial charge on any atom is -0.438 e. The van der Waals surface area contributed by atoms with E-state index in [0.29, 0.717) is 5.69 Å². The number of amides is 1. The maximum Gasteiger partial charge on any atom is 0.412 e. The maximum absolute atomic E-state index is 12.4. The number of hydrogen-bond donors (Lipinski definition) is 8. The molecule has 1 saturated heterocycles. The average molecular weight is 406 g/mol. The first-order valence-electron chi connectivity index (χ1n) is 9.10. The van der Waals surface area contributed by atoms with Gasteiger partial charge in [0.15, 0.2) is 18.1 Å². The largest absolute Gasteiger partial charge is 0.438 e. The summed E-state index contributed by atoms with van der Waals surface area (Å²) in [5, 5.41) is 37.5. The smallest absolute Gasteiger partial charge is 0.412 e. The first-order valence-corrected chi connectivity index (χ1v) is 9.10. The predicted octanol–water partition coefficient (Wildman–Crippen LogP) is -4.26. The molecule has 1 aromatic rings. The predicted molar refractivity (Wildman–Crippen MR) is 101 cm³/mol. The zero-order valence-corrected chi connectivity index (χ0v) is 15.6. The molecule has 156 valence electrons. The lowest BCUT2D eigenvalue weighted by Gasteiger charge is -2.46. The number of carbonyl (C=O) groups is 1. The minimum atomic E-state index is -2.63. The van der Waals surface area contributed by atoms with Crippen LogP contribution < -0.4 is 27.1 Å². The number of hydrogen-bond acceptors (Lipinski definition) is 10. The van der Waals surface area contributed by atoms with Crippen LogP contribution in [0.25, 0.3) is 0 Å². The molecule has 1 amide bonds. The molecule has 0 saturated carbocycles. The van der Waals surface area contributed by atoms with E-state index in [-0.39, 0.29) is 11.9 Å². The van der Waals surface area contributed by atoms with E-state index >= 15 is 0 Å². The number of benzene rings is 1. The second-order valence-electron chi connectivity index (χ2n) is 7.32. The van der Waals surface area contributed by atoms with Gasteiger partial charge in [-0.2, -0.15) is 0 Å². The van der Waals surface area contributed by atoms with Gasteiger partial charge in [0.1, 0.15) is 6.04 Å². The third-order valence-corrected chi connectivity index (χ3v) is 5.64. The van der Waals surface area contributed by atoms with Crippen molar-refractivity contribution in [2.45, 2.75) is 42.6 Å². The summed E-state index contributed by atoms with van der Waals surface area (Å²) in [6.45, 7) is 1.21. The zero-order chi connectivity index (χ0) is 21.0. The minimum absolute atomic E-state index is 0.0427. The highest BCUT2D eigenvalue weighted by atomic mass is 16.6. The molecular formula is C17H24N7O5+. The van der Waals surface area contributed by atoms with Crippen LogP contribution >= 0.6 is 0 Å². The van der Waals surface area contributed by atoms with Gasteiger partial charge in [0.05, 0.1) is 12.6 Å². The number of aliphatic hydroxyl groups is 3. The molecule has 1 aromatic carbocycles. The van der Waals surface area contributed by atoms with Crippen molar-refractivity contribution in [1.29, 1.82) is 0 Å². The molecule has 1 fully saturated rings. The van der Waals surface area contributed by atoms with Gasteiger partial charge in [-0.3, -0.25) is 20.9 Å². The van der Waals surface area contributed by atoms with Gasteiger partial charge in [0, 0.05) is 5.69 Å². The topological polar surface area (TPSA) is 193 Å². The molecule has 12 nitrogen and oxygen atoms in total. The van der Waals surface area contributed by atoms with Crippen LogP contribution in [0.4, 0.5) is 10.5 Å². The van der Waals surface area contributed by atoms with Gasteiger partial charge < -0.3 is 25.8 Å². The number of anilines is 1. The van der Waals surface area contributed by atoms with Crippen LogP contribution in [0.2, 0.25) is 0 Å². The van der Waals surface area contributed by atoms with Crippen molar-refractivity contribution < 1.29 is 29.8 Å². The van der Waals surface area contributed by atoms with E-state index in [2.05, 4.69) is 20.6 Å². The molecule has 4 rings (SSSR count). The van der Waals surface area contributed by atoms with Gasteiger partial charge in [-0.25, -0.2) is 15.1 Å². The van der Waals surface area contributed by atoms with Crippen molar-refractivity contribution >= 4 is 23.7 Å². The molecule has 0 unspecified atom stereocenters. The Morgan fingerprint density at radius 1 is 1.38 bits per heavy atom. The van der Waals surface area contributed by atoms with E-state index < -0.39 is 48.4 Å². The first-order chi connectivity index (χ1) is 13.7. The number of nitrogens with one attached hydrogen (secondary N) is 3. The van der Waals surface area contributed by atoms with Crippen molar-refractivity contribution in [3.8, 4) is 0 Å². The second-order valence-corrected chi connectivity index (χ2v) is 7.32. The number of aliphatic hydroxyl groups excluding tert-OH is 1. The number of nitrogens with zero attached hydrogens (tertiary/aromatic N) is 2. The Morgan fingerprint density at radius 3 is 2.72 bits per heavy atom. The van der Waals surface area contributed by atoms with Crippen molar-refractivity contribution in [3.05, 3.63) is 30.3 Å². The molecule has 0 aromatic heterocycles. The van der Waals surface area contributed by atoms with Crippen LogP contribution in [0.3, 0.4) is 0 Å². The summed E-state index contributed by atoms with van der Waals surface area (Å²) >= 11 is 0. The first kappa shape index (κ1) is 19.2. The van der Waals surface area contributed by atoms with Gasteiger partial charge in [0.25, 0.3) is 11.4 Å². The van der Waals surface area contributed by atoms with Crippen molar-refractivity contribution in [1.82, 2.24) is 10.2 Å². The number of para-hydroxylation sites is 1. The zero-order valence-electron chi connectivity index (χ0n) is 15.6. The van der Waals surface area contributed by atoms with Crippen LogP contribution in [0.15, 0.2) is 35.3 Å². The third-order valence-electron chi connectivity index (χ3n) is 5.64. The normalized spacial score (nSPS) is 34.4. The van der Waals surface area contributed by atoms with Gasteiger partial charge in [-0.1, -0.05) is 18.2 Å². The highest BCUT2D eigenvalue weighted by molar-refractivity contribution is 5.86.